The van der Waals surface area contributed by atoms with Gasteiger partial charge in [0.05, 0.1) is 5.69 Å². The average Bonchev–Trinajstić information content (AvgIpc) is 2.46. The lowest BCUT2D eigenvalue weighted by molar-refractivity contribution is 0.0703. The molecular weight excluding hydrogens is 194 g/mol. The lowest BCUT2D eigenvalue weighted by atomic mass is 10.3. The standard InChI is InChI=1S/C6H7N3O3S/c1-8-5(10)3-2(7)4(6(11)12)13-9-3/h7H2,1H3,(H,8,10)(H,11,12). The highest BCUT2D eigenvalue weighted by atomic mass is 32.1. The number of nitrogen functional groups attached to an aromatic ring is 1. The molecule has 7 heteroatoms. The van der Waals surface area contributed by atoms with E-state index in [9.17, 15) is 9.59 Å². The molecule has 0 radical (unpaired) electrons. The van der Waals surface area contributed by atoms with Gasteiger partial charge < -0.3 is 16.2 Å². The third kappa shape index (κ3) is 1.59. The minimum absolute atomic E-state index is 0.0371. The molecule has 0 aliphatic rings. The van der Waals surface area contributed by atoms with Crippen LogP contribution in [-0.2, 0) is 0 Å². The summed E-state index contributed by atoms with van der Waals surface area (Å²) in [6.07, 6.45) is 0. The molecule has 0 aliphatic heterocycles. The van der Waals surface area contributed by atoms with Crippen molar-refractivity contribution < 1.29 is 14.7 Å². The maximum absolute atomic E-state index is 11.0. The first-order chi connectivity index (χ1) is 6.07. The number of amides is 1. The number of hydrogen-bond acceptors (Lipinski definition) is 5. The first-order valence-corrected chi connectivity index (χ1v) is 4.05. The van der Waals surface area contributed by atoms with Gasteiger partial charge in [0.25, 0.3) is 5.91 Å². The van der Waals surface area contributed by atoms with Crippen molar-refractivity contribution in [2.24, 2.45) is 0 Å². The number of hydrogen-bond donors (Lipinski definition) is 3. The third-order valence-electron chi connectivity index (χ3n) is 1.36. The third-order valence-corrected chi connectivity index (χ3v) is 2.22. The van der Waals surface area contributed by atoms with Crippen molar-refractivity contribution in [3.8, 4) is 0 Å². The van der Waals surface area contributed by atoms with Crippen molar-refractivity contribution in [1.29, 1.82) is 0 Å². The lowest BCUT2D eigenvalue weighted by Crippen LogP contribution is -2.19. The number of aromatic carboxylic acids is 1. The van der Waals surface area contributed by atoms with E-state index in [0.717, 1.165) is 0 Å². The van der Waals surface area contributed by atoms with E-state index < -0.39 is 11.9 Å². The van der Waals surface area contributed by atoms with Gasteiger partial charge in [0.2, 0.25) is 0 Å². The van der Waals surface area contributed by atoms with Crippen molar-refractivity contribution in [2.45, 2.75) is 0 Å². The number of anilines is 1. The van der Waals surface area contributed by atoms with Crippen LogP contribution in [0.3, 0.4) is 0 Å². The molecular formula is C6H7N3O3S. The second kappa shape index (κ2) is 3.40. The number of carbonyl (C=O) groups is 2. The Bertz CT molecular complexity index is 360. The van der Waals surface area contributed by atoms with Crippen molar-refractivity contribution in [1.82, 2.24) is 9.69 Å². The highest BCUT2D eigenvalue weighted by Crippen LogP contribution is 2.20. The van der Waals surface area contributed by atoms with E-state index >= 15 is 0 Å². The van der Waals surface area contributed by atoms with Crippen LogP contribution in [0.25, 0.3) is 0 Å². The molecule has 0 bridgehead atoms. The average molecular weight is 201 g/mol. The molecule has 4 N–H and O–H groups in total. The van der Waals surface area contributed by atoms with Gasteiger partial charge in [-0.1, -0.05) is 0 Å². The monoisotopic (exact) mass is 201 g/mol. The smallest absolute Gasteiger partial charge is 0.349 e. The van der Waals surface area contributed by atoms with Crippen LogP contribution >= 0.6 is 11.5 Å². The highest BCUT2D eigenvalue weighted by molar-refractivity contribution is 7.08. The summed E-state index contributed by atoms with van der Waals surface area (Å²) in [7, 11) is 1.42. The molecule has 0 spiro atoms. The number of carbonyl (C=O) groups excluding carboxylic acids is 1. The Kier molecular flexibility index (Phi) is 2.47. The minimum atomic E-state index is -1.18. The zero-order chi connectivity index (χ0) is 10.0. The van der Waals surface area contributed by atoms with Crippen LogP contribution in [0, 0.1) is 0 Å². The Balaban J connectivity index is 3.13. The molecule has 0 fully saturated rings. The first kappa shape index (κ1) is 9.46. The zero-order valence-electron chi connectivity index (χ0n) is 6.70. The molecule has 1 rings (SSSR count). The van der Waals surface area contributed by atoms with E-state index in [2.05, 4.69) is 9.69 Å². The molecule has 0 unspecified atom stereocenters. The van der Waals surface area contributed by atoms with Crippen LogP contribution in [0.15, 0.2) is 0 Å². The summed E-state index contributed by atoms with van der Waals surface area (Å²) in [5.74, 6) is -1.66. The molecule has 0 aliphatic carbocycles. The summed E-state index contributed by atoms with van der Waals surface area (Å²) >= 11 is 0.693. The Hall–Kier alpha value is -1.63. The summed E-state index contributed by atoms with van der Waals surface area (Å²) in [6, 6.07) is 0. The van der Waals surface area contributed by atoms with Crippen molar-refractivity contribution in [2.75, 3.05) is 12.8 Å². The van der Waals surface area contributed by atoms with Crippen LogP contribution in [0.5, 0.6) is 0 Å². The lowest BCUT2D eigenvalue weighted by Gasteiger charge is -1.95. The van der Waals surface area contributed by atoms with Gasteiger partial charge in [-0.25, -0.2) is 4.79 Å². The molecule has 0 aromatic carbocycles. The van der Waals surface area contributed by atoms with E-state index in [1.54, 1.807) is 0 Å². The fourth-order valence-corrected chi connectivity index (χ4v) is 1.37. The molecule has 1 aromatic rings. The molecule has 70 valence electrons. The van der Waals surface area contributed by atoms with Crippen LogP contribution in [0.2, 0.25) is 0 Å². The maximum atomic E-state index is 11.0. The van der Waals surface area contributed by atoms with Crippen molar-refractivity contribution >= 4 is 29.1 Å². The predicted octanol–water partition coefficient (Wildman–Crippen LogP) is -0.217. The van der Waals surface area contributed by atoms with Crippen LogP contribution in [0.1, 0.15) is 20.2 Å². The van der Waals surface area contributed by atoms with Gasteiger partial charge in [0, 0.05) is 7.05 Å². The van der Waals surface area contributed by atoms with Crippen molar-refractivity contribution in [3.63, 3.8) is 0 Å². The normalized spacial score (nSPS) is 9.62. The number of rotatable bonds is 2. The predicted molar refractivity (Wildman–Crippen MR) is 46.9 cm³/mol. The zero-order valence-corrected chi connectivity index (χ0v) is 7.51. The number of nitrogens with one attached hydrogen (secondary N) is 1. The Labute approximate surface area is 77.5 Å². The number of aromatic nitrogens is 1. The van der Waals surface area contributed by atoms with E-state index in [4.69, 9.17) is 10.8 Å². The second-order valence-electron chi connectivity index (χ2n) is 2.16. The van der Waals surface area contributed by atoms with Gasteiger partial charge in [-0.3, -0.25) is 4.79 Å². The second-order valence-corrected chi connectivity index (χ2v) is 2.93. The molecule has 0 atom stereocenters. The molecule has 0 saturated heterocycles. The first-order valence-electron chi connectivity index (χ1n) is 3.28. The Morgan fingerprint density at radius 2 is 2.23 bits per heavy atom. The quantitative estimate of drug-likeness (QED) is 0.613. The van der Waals surface area contributed by atoms with E-state index in [0.29, 0.717) is 11.5 Å². The van der Waals surface area contributed by atoms with Gasteiger partial charge >= 0.3 is 5.97 Å². The van der Waals surface area contributed by atoms with Gasteiger partial charge in [-0.05, 0) is 11.5 Å². The van der Waals surface area contributed by atoms with Gasteiger partial charge in [-0.15, -0.1) is 0 Å². The molecule has 13 heavy (non-hydrogen) atoms. The largest absolute Gasteiger partial charge is 0.477 e. The number of nitrogens with zero attached hydrogens (tertiary/aromatic N) is 1. The van der Waals surface area contributed by atoms with Crippen molar-refractivity contribution in [3.05, 3.63) is 10.6 Å². The molecule has 1 amide bonds. The fraction of sp³-hybridized carbons (Fsp3) is 0.167. The maximum Gasteiger partial charge on any atom is 0.349 e. The Morgan fingerprint density at radius 1 is 1.62 bits per heavy atom. The molecule has 6 nitrogen and oxygen atoms in total. The SMILES string of the molecule is CNC(=O)c1nsc(C(=O)O)c1N. The van der Waals surface area contributed by atoms with Gasteiger partial charge in [0.1, 0.15) is 0 Å². The summed E-state index contributed by atoms with van der Waals surface area (Å²) in [5.41, 5.74) is 5.26. The summed E-state index contributed by atoms with van der Waals surface area (Å²) in [4.78, 5) is 21.4. The van der Waals surface area contributed by atoms with Gasteiger partial charge in [0.15, 0.2) is 10.6 Å². The molecule has 1 aromatic heterocycles. The van der Waals surface area contributed by atoms with E-state index in [1.165, 1.54) is 7.05 Å². The fourth-order valence-electron chi connectivity index (χ4n) is 0.734. The summed E-state index contributed by atoms with van der Waals surface area (Å²) in [6.45, 7) is 0. The topological polar surface area (TPSA) is 105 Å². The van der Waals surface area contributed by atoms with Gasteiger partial charge in [-0.2, -0.15) is 4.37 Å². The molecule has 1 heterocycles. The summed E-state index contributed by atoms with van der Waals surface area (Å²) < 4.78 is 3.63. The van der Waals surface area contributed by atoms with E-state index in [1.807, 2.05) is 0 Å². The van der Waals surface area contributed by atoms with E-state index in [-0.39, 0.29) is 16.3 Å². The molecule has 0 saturated carbocycles. The van der Waals surface area contributed by atoms with Crippen LogP contribution < -0.4 is 11.1 Å². The highest BCUT2D eigenvalue weighted by Gasteiger charge is 2.20. The number of carboxylic acid groups (broad SMARTS) is 1. The van der Waals surface area contributed by atoms with Crippen LogP contribution in [0.4, 0.5) is 5.69 Å². The summed E-state index contributed by atoms with van der Waals surface area (Å²) in [5, 5.41) is 10.9. The minimum Gasteiger partial charge on any atom is -0.477 e. The Morgan fingerprint density at radius 3 is 2.62 bits per heavy atom. The number of nitrogens with two attached hydrogens (primary N) is 1. The van der Waals surface area contributed by atoms with Crippen LogP contribution in [-0.4, -0.2) is 28.4 Å². The number of carboxylic acids is 1.